The summed E-state index contributed by atoms with van der Waals surface area (Å²) in [7, 11) is 0. The van der Waals surface area contributed by atoms with Crippen molar-refractivity contribution in [1.29, 1.82) is 0 Å². The Morgan fingerprint density at radius 1 is 0.759 bits per heavy atom. The molecule has 0 aliphatic carbocycles. The van der Waals surface area contributed by atoms with E-state index in [9.17, 15) is 0 Å². The average Bonchev–Trinajstić information content (AvgIpc) is 3.18. The number of hydrogen-bond donors (Lipinski definition) is 0. The quantitative estimate of drug-likeness (QED) is 0.539. The second-order valence-corrected chi connectivity index (χ2v) is 7.53. The normalized spacial score (nSPS) is 14.6. The molecular formula is C23H24N6. The van der Waals surface area contributed by atoms with E-state index in [2.05, 4.69) is 70.2 Å². The highest BCUT2D eigenvalue weighted by atomic mass is 15.4. The van der Waals surface area contributed by atoms with E-state index in [1.54, 1.807) is 0 Å². The van der Waals surface area contributed by atoms with Gasteiger partial charge in [-0.15, -0.1) is 5.10 Å². The number of para-hydroxylation sites is 1. The summed E-state index contributed by atoms with van der Waals surface area (Å²) < 4.78 is 1.90. The van der Waals surface area contributed by atoms with Crippen molar-refractivity contribution in [3.63, 3.8) is 0 Å². The summed E-state index contributed by atoms with van der Waals surface area (Å²) in [6, 6.07) is 20.9. The van der Waals surface area contributed by atoms with Gasteiger partial charge in [0.2, 0.25) is 0 Å². The molecule has 29 heavy (non-hydrogen) atoms. The Balaban J connectivity index is 1.47. The number of hydrogen-bond acceptors (Lipinski definition) is 5. The van der Waals surface area contributed by atoms with E-state index in [0.717, 1.165) is 54.6 Å². The minimum Gasteiger partial charge on any atom is -0.368 e. The lowest BCUT2D eigenvalue weighted by molar-refractivity contribution is 0.638. The van der Waals surface area contributed by atoms with Gasteiger partial charge in [-0.1, -0.05) is 42.5 Å². The molecule has 3 heterocycles. The fraction of sp³-hybridized carbons (Fsp3) is 0.261. The van der Waals surface area contributed by atoms with Crippen LogP contribution in [-0.4, -0.2) is 45.8 Å². The third-order valence-corrected chi connectivity index (χ3v) is 5.53. The van der Waals surface area contributed by atoms with E-state index in [-0.39, 0.29) is 0 Å². The Kier molecular flexibility index (Phi) is 4.39. The van der Waals surface area contributed by atoms with E-state index in [4.69, 9.17) is 10.1 Å². The molecule has 4 aromatic rings. The molecule has 6 nitrogen and oxygen atoms in total. The maximum atomic E-state index is 4.83. The molecule has 1 fully saturated rings. The van der Waals surface area contributed by atoms with Crippen molar-refractivity contribution >= 4 is 17.3 Å². The van der Waals surface area contributed by atoms with Gasteiger partial charge in [0.15, 0.2) is 5.82 Å². The molecule has 146 valence electrons. The molecule has 2 aromatic carbocycles. The zero-order valence-corrected chi connectivity index (χ0v) is 16.8. The number of benzene rings is 2. The number of aromatic nitrogens is 4. The number of anilines is 2. The Morgan fingerprint density at radius 2 is 1.45 bits per heavy atom. The minimum atomic E-state index is 0.656. The Bertz CT molecular complexity index is 1140. The third kappa shape index (κ3) is 3.31. The van der Waals surface area contributed by atoms with Crippen LogP contribution in [-0.2, 0) is 0 Å². The monoisotopic (exact) mass is 384 g/mol. The molecule has 1 aliphatic rings. The Morgan fingerprint density at radius 3 is 2.21 bits per heavy atom. The molecule has 5 rings (SSSR count). The topological polar surface area (TPSA) is 49.6 Å². The second kappa shape index (κ2) is 7.20. The van der Waals surface area contributed by atoms with Crippen LogP contribution in [0.1, 0.15) is 11.3 Å². The summed E-state index contributed by atoms with van der Waals surface area (Å²) in [6.45, 7) is 7.94. The minimum absolute atomic E-state index is 0.656. The maximum Gasteiger partial charge on any atom is 0.254 e. The fourth-order valence-corrected chi connectivity index (χ4v) is 3.96. The van der Waals surface area contributed by atoms with E-state index in [1.807, 2.05) is 23.6 Å². The smallest absolute Gasteiger partial charge is 0.254 e. The molecule has 0 unspecified atom stereocenters. The first-order chi connectivity index (χ1) is 14.2. The molecule has 1 aliphatic heterocycles. The van der Waals surface area contributed by atoms with Crippen molar-refractivity contribution in [2.75, 3.05) is 36.0 Å². The highest BCUT2D eigenvalue weighted by molar-refractivity contribution is 5.62. The zero-order valence-electron chi connectivity index (χ0n) is 16.8. The Hall–Kier alpha value is -3.41. The number of fused-ring (bicyclic) bond motifs is 1. The van der Waals surface area contributed by atoms with Crippen LogP contribution in [0.25, 0.3) is 17.2 Å². The number of piperazine rings is 1. The van der Waals surface area contributed by atoms with Crippen molar-refractivity contribution in [2.45, 2.75) is 13.8 Å². The van der Waals surface area contributed by atoms with Gasteiger partial charge in [0, 0.05) is 49.2 Å². The summed E-state index contributed by atoms with van der Waals surface area (Å²) in [4.78, 5) is 14.2. The van der Waals surface area contributed by atoms with Crippen LogP contribution < -0.4 is 9.80 Å². The van der Waals surface area contributed by atoms with E-state index < -0.39 is 0 Å². The summed E-state index contributed by atoms with van der Waals surface area (Å²) in [6.07, 6.45) is 0. The van der Waals surface area contributed by atoms with Gasteiger partial charge in [-0.05, 0) is 31.5 Å². The average molecular weight is 384 g/mol. The van der Waals surface area contributed by atoms with E-state index in [1.165, 1.54) is 5.69 Å². The van der Waals surface area contributed by atoms with Crippen molar-refractivity contribution in [1.82, 2.24) is 19.6 Å². The lowest BCUT2D eigenvalue weighted by atomic mass is 10.1. The first-order valence-electron chi connectivity index (χ1n) is 10.0. The highest BCUT2D eigenvalue weighted by Gasteiger charge is 2.21. The SMILES string of the molecule is Cc1cc(N2CCN(c3ccccc3)CC2)n2nc(-c3ccccc3C)nc2n1. The van der Waals surface area contributed by atoms with Crippen LogP contribution >= 0.6 is 0 Å². The molecule has 0 radical (unpaired) electrons. The third-order valence-electron chi connectivity index (χ3n) is 5.53. The van der Waals surface area contributed by atoms with Crippen LogP contribution in [0.15, 0.2) is 60.7 Å². The molecule has 6 heteroatoms. The van der Waals surface area contributed by atoms with Crippen LogP contribution in [0.5, 0.6) is 0 Å². The lowest BCUT2D eigenvalue weighted by Gasteiger charge is -2.37. The molecule has 0 saturated carbocycles. The number of nitrogens with zero attached hydrogens (tertiary/aromatic N) is 6. The molecule has 1 saturated heterocycles. The molecule has 0 N–H and O–H groups in total. The zero-order chi connectivity index (χ0) is 19.8. The van der Waals surface area contributed by atoms with Crippen LogP contribution in [0, 0.1) is 13.8 Å². The van der Waals surface area contributed by atoms with Gasteiger partial charge in [-0.3, -0.25) is 0 Å². The Labute approximate surface area is 170 Å². The van der Waals surface area contributed by atoms with Crippen molar-refractivity contribution in [3.8, 4) is 11.4 Å². The molecule has 0 spiro atoms. The molecule has 0 bridgehead atoms. The van der Waals surface area contributed by atoms with Gasteiger partial charge in [0.25, 0.3) is 5.78 Å². The van der Waals surface area contributed by atoms with Crippen LogP contribution in [0.3, 0.4) is 0 Å². The molecule has 0 atom stereocenters. The lowest BCUT2D eigenvalue weighted by Crippen LogP contribution is -2.47. The molecular weight excluding hydrogens is 360 g/mol. The summed E-state index contributed by atoms with van der Waals surface area (Å²) in [5.74, 6) is 2.45. The number of rotatable bonds is 3. The molecule has 2 aromatic heterocycles. The van der Waals surface area contributed by atoms with Crippen LogP contribution in [0.2, 0.25) is 0 Å². The summed E-state index contributed by atoms with van der Waals surface area (Å²) in [5, 5.41) is 4.83. The van der Waals surface area contributed by atoms with Crippen LogP contribution in [0.4, 0.5) is 11.5 Å². The predicted octanol–water partition coefficient (Wildman–Crippen LogP) is 3.73. The first-order valence-corrected chi connectivity index (χ1v) is 10.0. The largest absolute Gasteiger partial charge is 0.368 e. The van der Waals surface area contributed by atoms with Gasteiger partial charge in [-0.25, -0.2) is 4.98 Å². The van der Waals surface area contributed by atoms with Crippen molar-refractivity contribution < 1.29 is 0 Å². The van der Waals surface area contributed by atoms with Gasteiger partial charge in [-0.2, -0.15) is 9.50 Å². The van der Waals surface area contributed by atoms with E-state index >= 15 is 0 Å². The predicted molar refractivity (Wildman–Crippen MR) is 117 cm³/mol. The fourth-order valence-electron chi connectivity index (χ4n) is 3.96. The van der Waals surface area contributed by atoms with Crippen molar-refractivity contribution in [3.05, 3.63) is 71.9 Å². The van der Waals surface area contributed by atoms with E-state index in [0.29, 0.717) is 5.78 Å². The van der Waals surface area contributed by atoms with Gasteiger partial charge >= 0.3 is 0 Å². The summed E-state index contributed by atoms with van der Waals surface area (Å²) in [5.41, 5.74) is 4.46. The van der Waals surface area contributed by atoms with Gasteiger partial charge < -0.3 is 9.80 Å². The standard InChI is InChI=1S/C23H24N6/c1-17-8-6-7-11-20(17)22-25-23-24-18(2)16-21(29(23)26-22)28-14-12-27(13-15-28)19-9-4-3-5-10-19/h3-11,16H,12-15H2,1-2H3. The van der Waals surface area contributed by atoms with Gasteiger partial charge in [0.1, 0.15) is 5.82 Å². The second-order valence-electron chi connectivity index (χ2n) is 7.53. The maximum absolute atomic E-state index is 4.83. The summed E-state index contributed by atoms with van der Waals surface area (Å²) >= 11 is 0. The van der Waals surface area contributed by atoms with Crippen molar-refractivity contribution in [2.24, 2.45) is 0 Å². The molecule has 0 amide bonds. The highest BCUT2D eigenvalue weighted by Crippen LogP contribution is 2.25. The number of aryl methyl sites for hydroxylation is 2. The van der Waals surface area contributed by atoms with Gasteiger partial charge in [0.05, 0.1) is 0 Å². The first kappa shape index (κ1) is 17.7.